The van der Waals surface area contributed by atoms with Crippen molar-refractivity contribution in [2.24, 2.45) is 5.92 Å². The number of carbonyl (C=O) groups excluding carboxylic acids is 2. The van der Waals surface area contributed by atoms with Gasteiger partial charge in [0.25, 0.3) is 0 Å². The third-order valence-corrected chi connectivity index (χ3v) is 4.35. The van der Waals surface area contributed by atoms with E-state index in [1.54, 1.807) is 17.0 Å². The molecule has 5 nitrogen and oxygen atoms in total. The normalized spacial score (nSPS) is 17.2. The second kappa shape index (κ2) is 7.01. The predicted molar refractivity (Wildman–Crippen MR) is 94.2 cm³/mol. The highest BCUT2D eigenvalue weighted by atomic mass is 35.5. The first-order chi connectivity index (χ1) is 11.6. The van der Waals surface area contributed by atoms with Crippen LogP contribution < -0.4 is 10.2 Å². The van der Waals surface area contributed by atoms with Crippen LogP contribution in [0.25, 0.3) is 0 Å². The van der Waals surface area contributed by atoms with E-state index in [9.17, 15) is 9.59 Å². The first-order valence-corrected chi connectivity index (χ1v) is 8.26. The number of nitrogens with one attached hydrogen (secondary N) is 1. The maximum Gasteiger partial charge on any atom is 0.230 e. The molecule has 1 aliphatic heterocycles. The predicted octanol–water partition coefficient (Wildman–Crippen LogP) is 3.29. The van der Waals surface area contributed by atoms with E-state index in [0.717, 1.165) is 12.1 Å². The van der Waals surface area contributed by atoms with Gasteiger partial charge in [-0.1, -0.05) is 30.7 Å². The molecule has 1 saturated heterocycles. The molecule has 24 heavy (non-hydrogen) atoms. The van der Waals surface area contributed by atoms with Crippen LogP contribution in [0.15, 0.2) is 42.6 Å². The van der Waals surface area contributed by atoms with Crippen LogP contribution in [0.5, 0.6) is 0 Å². The minimum Gasteiger partial charge on any atom is -0.312 e. The smallest absolute Gasteiger partial charge is 0.230 e. The minimum absolute atomic E-state index is 0.0385. The highest BCUT2D eigenvalue weighted by molar-refractivity contribution is 6.30. The Morgan fingerprint density at radius 1 is 1.29 bits per heavy atom. The summed E-state index contributed by atoms with van der Waals surface area (Å²) in [4.78, 5) is 30.3. The number of benzene rings is 1. The van der Waals surface area contributed by atoms with Gasteiger partial charge in [-0.05, 0) is 36.2 Å². The van der Waals surface area contributed by atoms with Crippen molar-refractivity contribution < 1.29 is 9.59 Å². The summed E-state index contributed by atoms with van der Waals surface area (Å²) in [5.41, 5.74) is 2.05. The SMILES string of the molecule is CCc1ccc(N2CC(C(=O)Nc3ccc(Cl)cn3)CC2=O)cc1. The molecule has 2 heterocycles. The van der Waals surface area contributed by atoms with Crippen molar-refractivity contribution in [2.45, 2.75) is 19.8 Å². The van der Waals surface area contributed by atoms with Gasteiger partial charge >= 0.3 is 0 Å². The molecule has 1 atom stereocenters. The molecule has 6 heteroatoms. The van der Waals surface area contributed by atoms with Gasteiger partial charge in [-0.3, -0.25) is 9.59 Å². The molecular formula is C18H18ClN3O2. The molecule has 2 aromatic rings. The van der Waals surface area contributed by atoms with Crippen LogP contribution in [-0.4, -0.2) is 23.3 Å². The van der Waals surface area contributed by atoms with Crippen LogP contribution in [0.1, 0.15) is 18.9 Å². The average Bonchev–Trinajstić information content (AvgIpc) is 2.99. The zero-order valence-corrected chi connectivity index (χ0v) is 14.1. The maximum absolute atomic E-state index is 12.4. The molecule has 1 N–H and O–H groups in total. The van der Waals surface area contributed by atoms with Crippen molar-refractivity contribution in [1.82, 2.24) is 4.98 Å². The van der Waals surface area contributed by atoms with E-state index in [-0.39, 0.29) is 24.2 Å². The summed E-state index contributed by atoms with van der Waals surface area (Å²) < 4.78 is 0. The number of aromatic nitrogens is 1. The van der Waals surface area contributed by atoms with Crippen molar-refractivity contribution >= 4 is 34.9 Å². The lowest BCUT2D eigenvalue weighted by Crippen LogP contribution is -2.28. The quantitative estimate of drug-likeness (QED) is 0.926. The van der Waals surface area contributed by atoms with Crippen molar-refractivity contribution in [2.75, 3.05) is 16.8 Å². The molecule has 1 aromatic carbocycles. The molecule has 0 spiro atoms. The third kappa shape index (κ3) is 3.57. The first kappa shape index (κ1) is 16.5. The Morgan fingerprint density at radius 3 is 2.67 bits per heavy atom. The summed E-state index contributed by atoms with van der Waals surface area (Å²) >= 11 is 5.78. The van der Waals surface area contributed by atoms with Crippen molar-refractivity contribution in [3.63, 3.8) is 0 Å². The fourth-order valence-corrected chi connectivity index (χ4v) is 2.83. The lowest BCUT2D eigenvalue weighted by molar-refractivity contribution is -0.122. The van der Waals surface area contributed by atoms with Crippen LogP contribution in [0.3, 0.4) is 0 Å². The highest BCUT2D eigenvalue weighted by Crippen LogP contribution is 2.26. The number of halogens is 1. The number of rotatable bonds is 4. The molecule has 1 unspecified atom stereocenters. The molecule has 2 amide bonds. The Hall–Kier alpha value is -2.40. The Labute approximate surface area is 145 Å². The summed E-state index contributed by atoms with van der Waals surface area (Å²) in [7, 11) is 0. The molecule has 3 rings (SSSR count). The fraction of sp³-hybridized carbons (Fsp3) is 0.278. The molecule has 1 aliphatic rings. The van der Waals surface area contributed by atoms with E-state index in [1.807, 2.05) is 24.3 Å². The van der Waals surface area contributed by atoms with Crippen molar-refractivity contribution in [1.29, 1.82) is 0 Å². The van der Waals surface area contributed by atoms with Crippen LogP contribution in [0, 0.1) is 5.92 Å². The Bertz CT molecular complexity index is 744. The summed E-state index contributed by atoms with van der Waals surface area (Å²) in [5, 5.41) is 3.24. The summed E-state index contributed by atoms with van der Waals surface area (Å²) in [5.74, 6) is -0.197. The van der Waals surface area contributed by atoms with Gasteiger partial charge in [0, 0.05) is 24.8 Å². The van der Waals surface area contributed by atoms with Gasteiger partial charge in [-0.15, -0.1) is 0 Å². The van der Waals surface area contributed by atoms with E-state index in [2.05, 4.69) is 17.2 Å². The number of nitrogens with zero attached hydrogens (tertiary/aromatic N) is 2. The van der Waals surface area contributed by atoms with Crippen LogP contribution in [0.2, 0.25) is 5.02 Å². The average molecular weight is 344 g/mol. The Kier molecular flexibility index (Phi) is 4.81. The summed E-state index contributed by atoms with van der Waals surface area (Å²) in [6.07, 6.45) is 2.63. The monoisotopic (exact) mass is 343 g/mol. The largest absolute Gasteiger partial charge is 0.312 e. The van der Waals surface area contributed by atoms with Gasteiger partial charge in [-0.25, -0.2) is 4.98 Å². The number of carbonyl (C=O) groups is 2. The molecule has 0 aliphatic carbocycles. The molecule has 1 fully saturated rings. The van der Waals surface area contributed by atoms with Gasteiger partial charge < -0.3 is 10.2 Å². The molecule has 0 radical (unpaired) electrons. The fourth-order valence-electron chi connectivity index (χ4n) is 2.72. The molecule has 0 saturated carbocycles. The minimum atomic E-state index is -0.388. The van der Waals surface area contributed by atoms with E-state index in [1.165, 1.54) is 11.8 Å². The van der Waals surface area contributed by atoms with Gasteiger partial charge in [0.2, 0.25) is 11.8 Å². The third-order valence-electron chi connectivity index (χ3n) is 4.13. The second-order valence-corrected chi connectivity index (χ2v) is 6.21. The Morgan fingerprint density at radius 2 is 2.04 bits per heavy atom. The summed E-state index contributed by atoms with van der Waals surface area (Å²) in [6.45, 7) is 2.46. The van der Waals surface area contributed by atoms with Gasteiger partial charge in [0.1, 0.15) is 5.82 Å². The van der Waals surface area contributed by atoms with E-state index in [4.69, 9.17) is 11.6 Å². The second-order valence-electron chi connectivity index (χ2n) is 5.78. The number of anilines is 2. The Balaban J connectivity index is 1.67. The van der Waals surface area contributed by atoms with Gasteiger partial charge in [0.05, 0.1) is 10.9 Å². The standard InChI is InChI=1S/C18H18ClN3O2/c1-2-12-3-6-15(7-4-12)22-11-13(9-17(22)23)18(24)21-16-8-5-14(19)10-20-16/h3-8,10,13H,2,9,11H2,1H3,(H,20,21,24). The summed E-state index contributed by atoms with van der Waals surface area (Å²) in [6, 6.07) is 11.2. The van der Waals surface area contributed by atoms with Crippen molar-refractivity contribution in [3.8, 4) is 0 Å². The van der Waals surface area contributed by atoms with Crippen LogP contribution in [0.4, 0.5) is 11.5 Å². The molecule has 124 valence electrons. The molecule has 0 bridgehead atoms. The van der Waals surface area contributed by atoms with E-state index < -0.39 is 0 Å². The number of hydrogen-bond donors (Lipinski definition) is 1. The van der Waals surface area contributed by atoms with Crippen LogP contribution in [-0.2, 0) is 16.0 Å². The van der Waals surface area contributed by atoms with Crippen LogP contribution >= 0.6 is 11.6 Å². The zero-order valence-electron chi connectivity index (χ0n) is 13.3. The van der Waals surface area contributed by atoms with Gasteiger partial charge in [0.15, 0.2) is 0 Å². The highest BCUT2D eigenvalue weighted by Gasteiger charge is 2.35. The van der Waals surface area contributed by atoms with Crippen molar-refractivity contribution in [3.05, 3.63) is 53.2 Å². The number of aryl methyl sites for hydroxylation is 1. The topological polar surface area (TPSA) is 62.3 Å². The maximum atomic E-state index is 12.4. The van der Waals surface area contributed by atoms with E-state index in [0.29, 0.717) is 17.4 Å². The lowest BCUT2D eigenvalue weighted by Gasteiger charge is -2.17. The number of hydrogen-bond acceptors (Lipinski definition) is 3. The number of pyridine rings is 1. The zero-order chi connectivity index (χ0) is 17.1. The number of amides is 2. The van der Waals surface area contributed by atoms with E-state index >= 15 is 0 Å². The molecular weight excluding hydrogens is 326 g/mol. The first-order valence-electron chi connectivity index (χ1n) is 7.88. The lowest BCUT2D eigenvalue weighted by atomic mass is 10.1. The molecule has 1 aromatic heterocycles. The van der Waals surface area contributed by atoms with Gasteiger partial charge in [-0.2, -0.15) is 0 Å².